The van der Waals surface area contributed by atoms with E-state index in [0.29, 0.717) is 17.3 Å². The SMILES string of the molecule is Cn1cc(C(=O)N2CCCC(Cc3ccc(N)nn3)C2)cn1. The van der Waals surface area contributed by atoms with Crippen LogP contribution in [0.25, 0.3) is 0 Å². The molecule has 1 fully saturated rings. The van der Waals surface area contributed by atoms with Gasteiger partial charge in [0.1, 0.15) is 5.82 Å². The van der Waals surface area contributed by atoms with E-state index in [2.05, 4.69) is 15.3 Å². The molecule has 0 saturated carbocycles. The molecule has 22 heavy (non-hydrogen) atoms. The van der Waals surface area contributed by atoms with Gasteiger partial charge in [-0.05, 0) is 37.3 Å². The molecule has 0 aromatic carbocycles. The number of hydrogen-bond donors (Lipinski definition) is 1. The van der Waals surface area contributed by atoms with Gasteiger partial charge in [-0.1, -0.05) is 0 Å². The molecule has 1 aliphatic heterocycles. The molecule has 7 heteroatoms. The van der Waals surface area contributed by atoms with Gasteiger partial charge >= 0.3 is 0 Å². The minimum atomic E-state index is 0.0567. The summed E-state index contributed by atoms with van der Waals surface area (Å²) in [4.78, 5) is 14.4. The average molecular weight is 300 g/mol. The van der Waals surface area contributed by atoms with Crippen molar-refractivity contribution in [2.75, 3.05) is 18.8 Å². The number of aryl methyl sites for hydroxylation is 1. The Bertz CT molecular complexity index is 650. The normalized spacial score (nSPS) is 18.4. The van der Waals surface area contributed by atoms with E-state index in [-0.39, 0.29) is 5.91 Å². The zero-order valence-electron chi connectivity index (χ0n) is 12.6. The van der Waals surface area contributed by atoms with Gasteiger partial charge in [-0.15, -0.1) is 5.10 Å². The summed E-state index contributed by atoms with van der Waals surface area (Å²) < 4.78 is 1.65. The van der Waals surface area contributed by atoms with E-state index in [4.69, 9.17) is 5.73 Å². The molecule has 1 saturated heterocycles. The maximum absolute atomic E-state index is 12.5. The van der Waals surface area contributed by atoms with E-state index < -0.39 is 0 Å². The number of amides is 1. The van der Waals surface area contributed by atoms with E-state index in [1.54, 1.807) is 23.1 Å². The van der Waals surface area contributed by atoms with Crippen molar-refractivity contribution in [3.63, 3.8) is 0 Å². The molecule has 1 amide bonds. The molecule has 116 valence electrons. The molecule has 0 aliphatic carbocycles. The van der Waals surface area contributed by atoms with Gasteiger partial charge in [0.25, 0.3) is 5.91 Å². The number of nitrogen functional groups attached to an aromatic ring is 1. The summed E-state index contributed by atoms with van der Waals surface area (Å²) in [5.74, 6) is 0.897. The quantitative estimate of drug-likeness (QED) is 0.909. The van der Waals surface area contributed by atoms with Crippen LogP contribution in [-0.4, -0.2) is 43.9 Å². The molecule has 1 unspecified atom stereocenters. The topological polar surface area (TPSA) is 89.9 Å². The van der Waals surface area contributed by atoms with Gasteiger partial charge in [-0.2, -0.15) is 10.2 Å². The van der Waals surface area contributed by atoms with Crippen molar-refractivity contribution in [2.24, 2.45) is 13.0 Å². The predicted octanol–water partition coefficient (Wildman–Crippen LogP) is 0.887. The van der Waals surface area contributed by atoms with Crippen LogP contribution in [0.5, 0.6) is 0 Å². The average Bonchev–Trinajstić information content (AvgIpc) is 2.96. The Hall–Kier alpha value is -2.44. The van der Waals surface area contributed by atoms with Gasteiger partial charge in [-0.3, -0.25) is 9.48 Å². The van der Waals surface area contributed by atoms with E-state index in [1.807, 2.05) is 18.0 Å². The van der Waals surface area contributed by atoms with Crippen LogP contribution in [0.1, 0.15) is 28.9 Å². The predicted molar refractivity (Wildman–Crippen MR) is 82.0 cm³/mol. The lowest BCUT2D eigenvalue weighted by molar-refractivity contribution is 0.0672. The van der Waals surface area contributed by atoms with Gasteiger partial charge < -0.3 is 10.6 Å². The smallest absolute Gasteiger partial charge is 0.257 e. The van der Waals surface area contributed by atoms with Crippen LogP contribution >= 0.6 is 0 Å². The number of rotatable bonds is 3. The molecular formula is C15H20N6O. The number of anilines is 1. The first-order valence-electron chi connectivity index (χ1n) is 7.48. The first kappa shape index (κ1) is 14.5. The fraction of sp³-hybridized carbons (Fsp3) is 0.467. The summed E-state index contributed by atoms with van der Waals surface area (Å²) >= 11 is 0. The molecule has 2 aromatic rings. The molecule has 0 spiro atoms. The molecule has 0 radical (unpaired) electrons. The maximum atomic E-state index is 12.5. The molecule has 7 nitrogen and oxygen atoms in total. The largest absolute Gasteiger partial charge is 0.382 e. The molecule has 3 heterocycles. The molecular weight excluding hydrogens is 280 g/mol. The van der Waals surface area contributed by atoms with Crippen LogP contribution in [-0.2, 0) is 13.5 Å². The Morgan fingerprint density at radius 1 is 1.41 bits per heavy atom. The lowest BCUT2D eigenvalue weighted by Gasteiger charge is -2.32. The Kier molecular flexibility index (Phi) is 4.04. The van der Waals surface area contributed by atoms with Crippen molar-refractivity contribution in [2.45, 2.75) is 19.3 Å². The minimum absolute atomic E-state index is 0.0567. The monoisotopic (exact) mass is 300 g/mol. The van der Waals surface area contributed by atoms with Crippen LogP contribution < -0.4 is 5.73 Å². The zero-order chi connectivity index (χ0) is 15.5. The second-order valence-electron chi connectivity index (χ2n) is 5.82. The van der Waals surface area contributed by atoms with E-state index >= 15 is 0 Å². The Morgan fingerprint density at radius 2 is 2.27 bits per heavy atom. The highest BCUT2D eigenvalue weighted by molar-refractivity contribution is 5.93. The number of piperidine rings is 1. The number of likely N-dealkylation sites (tertiary alicyclic amines) is 1. The van der Waals surface area contributed by atoms with Crippen molar-refractivity contribution in [1.82, 2.24) is 24.9 Å². The highest BCUT2D eigenvalue weighted by Gasteiger charge is 2.25. The second-order valence-corrected chi connectivity index (χ2v) is 5.82. The summed E-state index contributed by atoms with van der Waals surface area (Å²) in [5, 5.41) is 12.1. The maximum Gasteiger partial charge on any atom is 0.257 e. The zero-order valence-corrected chi connectivity index (χ0v) is 12.6. The van der Waals surface area contributed by atoms with Crippen LogP contribution in [0.15, 0.2) is 24.5 Å². The van der Waals surface area contributed by atoms with Crippen molar-refractivity contribution >= 4 is 11.7 Å². The molecule has 3 rings (SSSR count). The number of nitrogens with zero attached hydrogens (tertiary/aromatic N) is 5. The van der Waals surface area contributed by atoms with E-state index in [1.165, 1.54) is 0 Å². The molecule has 2 N–H and O–H groups in total. The number of aromatic nitrogens is 4. The number of carbonyl (C=O) groups excluding carboxylic acids is 1. The second kappa shape index (κ2) is 6.13. The lowest BCUT2D eigenvalue weighted by Crippen LogP contribution is -2.40. The van der Waals surface area contributed by atoms with Crippen LogP contribution in [0.4, 0.5) is 5.82 Å². The molecule has 2 aromatic heterocycles. The summed E-state index contributed by atoms with van der Waals surface area (Å²) in [7, 11) is 1.82. The van der Waals surface area contributed by atoms with E-state index in [0.717, 1.165) is 38.0 Å². The van der Waals surface area contributed by atoms with Gasteiger partial charge in [-0.25, -0.2) is 0 Å². The van der Waals surface area contributed by atoms with Crippen molar-refractivity contribution < 1.29 is 4.79 Å². The Morgan fingerprint density at radius 3 is 2.95 bits per heavy atom. The molecule has 1 atom stereocenters. The van der Waals surface area contributed by atoms with Crippen molar-refractivity contribution in [3.05, 3.63) is 35.8 Å². The third kappa shape index (κ3) is 3.24. The van der Waals surface area contributed by atoms with E-state index in [9.17, 15) is 4.79 Å². The fourth-order valence-electron chi connectivity index (χ4n) is 2.91. The molecule has 0 bridgehead atoms. The van der Waals surface area contributed by atoms with Gasteiger partial charge in [0.2, 0.25) is 0 Å². The summed E-state index contributed by atoms with van der Waals surface area (Å²) in [5.41, 5.74) is 7.13. The molecule has 1 aliphatic rings. The summed E-state index contributed by atoms with van der Waals surface area (Å²) in [6.45, 7) is 1.55. The van der Waals surface area contributed by atoms with Gasteiger partial charge in [0.05, 0.1) is 17.5 Å². The third-order valence-corrected chi connectivity index (χ3v) is 4.00. The van der Waals surface area contributed by atoms with Crippen molar-refractivity contribution in [3.8, 4) is 0 Å². The highest BCUT2D eigenvalue weighted by Crippen LogP contribution is 2.21. The summed E-state index contributed by atoms with van der Waals surface area (Å²) in [6.07, 6.45) is 6.32. The third-order valence-electron chi connectivity index (χ3n) is 4.00. The van der Waals surface area contributed by atoms with Crippen LogP contribution in [0.3, 0.4) is 0 Å². The number of nitrogens with two attached hydrogens (primary N) is 1. The summed E-state index contributed by atoms with van der Waals surface area (Å²) in [6, 6.07) is 3.67. The van der Waals surface area contributed by atoms with Crippen molar-refractivity contribution in [1.29, 1.82) is 0 Å². The van der Waals surface area contributed by atoms with Crippen LogP contribution in [0, 0.1) is 5.92 Å². The lowest BCUT2D eigenvalue weighted by atomic mass is 9.93. The van der Waals surface area contributed by atoms with Gasteiger partial charge in [0, 0.05) is 26.3 Å². The van der Waals surface area contributed by atoms with Crippen LogP contribution in [0.2, 0.25) is 0 Å². The Balaban J connectivity index is 1.63. The fourth-order valence-corrected chi connectivity index (χ4v) is 2.91. The first-order chi connectivity index (χ1) is 10.6. The number of carbonyl (C=O) groups is 1. The minimum Gasteiger partial charge on any atom is -0.382 e. The first-order valence-corrected chi connectivity index (χ1v) is 7.48. The van der Waals surface area contributed by atoms with Gasteiger partial charge in [0.15, 0.2) is 0 Å². The standard InChI is InChI=1S/C15H20N6O/c1-20-10-12(8-17-20)15(22)21-6-2-3-11(9-21)7-13-4-5-14(16)19-18-13/h4-5,8,10-11H,2-3,6-7,9H2,1H3,(H2,16,19). The Labute approximate surface area is 129 Å². The highest BCUT2D eigenvalue weighted by atomic mass is 16.2. The number of hydrogen-bond acceptors (Lipinski definition) is 5.